The van der Waals surface area contributed by atoms with Gasteiger partial charge in [-0.05, 0) is 36.6 Å². The van der Waals surface area contributed by atoms with Crippen LogP contribution in [0.15, 0.2) is 71.1 Å². The van der Waals surface area contributed by atoms with Crippen LogP contribution in [-0.2, 0) is 14.3 Å². The fourth-order valence-corrected chi connectivity index (χ4v) is 5.63. The zero-order chi connectivity index (χ0) is 25.7. The van der Waals surface area contributed by atoms with E-state index in [1.807, 2.05) is 43.3 Å². The SMILES string of the molecule is CCSCCOC(=O)C1=C(C)NC2=C(C(=O)C[C@@H](c3ccccc3)C2)[C@@H]1c1cccc(OC)c1OC. The van der Waals surface area contributed by atoms with Gasteiger partial charge in [-0.3, -0.25) is 4.79 Å². The van der Waals surface area contributed by atoms with Crippen molar-refractivity contribution >= 4 is 23.5 Å². The van der Waals surface area contributed by atoms with Crippen LogP contribution in [0.5, 0.6) is 11.5 Å². The first kappa shape index (κ1) is 25.9. The predicted molar refractivity (Wildman–Crippen MR) is 143 cm³/mol. The minimum Gasteiger partial charge on any atom is -0.493 e. The lowest BCUT2D eigenvalue weighted by atomic mass is 9.71. The average molecular weight is 508 g/mol. The first-order valence-electron chi connectivity index (χ1n) is 12.2. The standard InChI is InChI=1S/C29H33NO5S/c1-5-36-15-14-35-29(32)25-18(2)30-22-16-20(19-10-7-6-8-11-19)17-23(31)27(22)26(25)21-12-9-13-24(33-3)28(21)34-4/h6-13,20,26,30H,5,14-17H2,1-4H3/t20-,26+/m0/s1. The third-order valence-electron chi connectivity index (χ3n) is 6.73. The van der Waals surface area contributed by atoms with Crippen LogP contribution in [0.25, 0.3) is 0 Å². The maximum absolute atomic E-state index is 13.8. The highest BCUT2D eigenvalue weighted by atomic mass is 32.2. The van der Waals surface area contributed by atoms with Gasteiger partial charge in [0.2, 0.25) is 0 Å². The van der Waals surface area contributed by atoms with Crippen LogP contribution in [0.3, 0.4) is 0 Å². The molecule has 7 heteroatoms. The van der Waals surface area contributed by atoms with Gasteiger partial charge >= 0.3 is 5.97 Å². The Morgan fingerprint density at radius 2 is 1.83 bits per heavy atom. The summed E-state index contributed by atoms with van der Waals surface area (Å²) in [5, 5.41) is 3.41. The molecule has 2 aliphatic rings. The molecule has 2 atom stereocenters. The number of carbonyl (C=O) groups excluding carboxylic acids is 2. The first-order chi connectivity index (χ1) is 17.5. The number of hydrogen-bond donors (Lipinski definition) is 1. The molecule has 2 aromatic rings. The number of hydrogen-bond acceptors (Lipinski definition) is 7. The van der Waals surface area contributed by atoms with Crippen LogP contribution in [-0.4, -0.2) is 44.1 Å². The highest BCUT2D eigenvalue weighted by Crippen LogP contribution is 2.49. The maximum atomic E-state index is 13.8. The maximum Gasteiger partial charge on any atom is 0.336 e. The van der Waals surface area contributed by atoms with Gasteiger partial charge in [0.1, 0.15) is 6.61 Å². The number of benzene rings is 2. The van der Waals surface area contributed by atoms with Crippen molar-refractivity contribution < 1.29 is 23.8 Å². The summed E-state index contributed by atoms with van der Waals surface area (Å²) in [6.07, 6.45) is 1.06. The van der Waals surface area contributed by atoms with E-state index in [0.717, 1.165) is 22.8 Å². The van der Waals surface area contributed by atoms with E-state index in [1.54, 1.807) is 26.0 Å². The molecule has 190 valence electrons. The van der Waals surface area contributed by atoms with Crippen molar-refractivity contribution in [3.8, 4) is 11.5 Å². The molecule has 0 fully saturated rings. The Morgan fingerprint density at radius 3 is 2.53 bits per heavy atom. The Balaban J connectivity index is 1.80. The van der Waals surface area contributed by atoms with Crippen LogP contribution in [0.1, 0.15) is 49.7 Å². The summed E-state index contributed by atoms with van der Waals surface area (Å²) in [6.45, 7) is 4.25. The molecule has 0 saturated carbocycles. The second-order valence-corrected chi connectivity index (χ2v) is 10.2. The van der Waals surface area contributed by atoms with Gasteiger partial charge < -0.3 is 19.5 Å². The molecule has 0 amide bonds. The van der Waals surface area contributed by atoms with Crippen LogP contribution >= 0.6 is 11.8 Å². The van der Waals surface area contributed by atoms with Crippen molar-refractivity contribution in [2.45, 2.75) is 38.5 Å². The molecule has 1 N–H and O–H groups in total. The largest absolute Gasteiger partial charge is 0.493 e. The summed E-state index contributed by atoms with van der Waals surface area (Å²) >= 11 is 1.71. The summed E-state index contributed by atoms with van der Waals surface area (Å²) in [6, 6.07) is 15.7. The van der Waals surface area contributed by atoms with Crippen molar-refractivity contribution in [1.82, 2.24) is 5.32 Å². The van der Waals surface area contributed by atoms with E-state index in [4.69, 9.17) is 14.2 Å². The number of carbonyl (C=O) groups is 2. The Bertz CT molecular complexity index is 1190. The number of ether oxygens (including phenoxy) is 3. The molecule has 0 aromatic heterocycles. The summed E-state index contributed by atoms with van der Waals surface area (Å²) in [5.41, 5.74) is 4.44. The summed E-state index contributed by atoms with van der Waals surface area (Å²) < 4.78 is 17.0. The summed E-state index contributed by atoms with van der Waals surface area (Å²) in [5.74, 6) is 1.80. The summed E-state index contributed by atoms with van der Waals surface area (Å²) in [7, 11) is 3.15. The van der Waals surface area contributed by atoms with E-state index in [0.29, 0.717) is 53.4 Å². The molecule has 0 bridgehead atoms. The summed E-state index contributed by atoms with van der Waals surface area (Å²) in [4.78, 5) is 27.2. The number of esters is 1. The Morgan fingerprint density at radius 1 is 1.06 bits per heavy atom. The smallest absolute Gasteiger partial charge is 0.336 e. The van der Waals surface area contributed by atoms with E-state index < -0.39 is 11.9 Å². The molecule has 36 heavy (non-hydrogen) atoms. The van der Waals surface area contributed by atoms with Crippen LogP contribution in [0.2, 0.25) is 0 Å². The van der Waals surface area contributed by atoms with Crippen molar-refractivity contribution in [2.75, 3.05) is 32.3 Å². The van der Waals surface area contributed by atoms with Gasteiger partial charge in [-0.25, -0.2) is 4.79 Å². The Labute approximate surface area is 217 Å². The normalized spacial score (nSPS) is 19.5. The molecule has 0 radical (unpaired) electrons. The van der Waals surface area contributed by atoms with Gasteiger partial charge in [-0.2, -0.15) is 11.8 Å². The van der Waals surface area contributed by atoms with Crippen molar-refractivity contribution in [2.24, 2.45) is 0 Å². The topological polar surface area (TPSA) is 73.9 Å². The van der Waals surface area contributed by atoms with Gasteiger partial charge in [0.05, 0.1) is 25.7 Å². The zero-order valence-corrected chi connectivity index (χ0v) is 22.1. The van der Waals surface area contributed by atoms with E-state index >= 15 is 0 Å². The minimum atomic E-state index is -0.609. The number of rotatable bonds is 9. The lowest BCUT2D eigenvalue weighted by Crippen LogP contribution is -2.36. The molecule has 1 aliphatic heterocycles. The van der Waals surface area contributed by atoms with E-state index in [2.05, 4.69) is 24.4 Å². The van der Waals surface area contributed by atoms with E-state index in [-0.39, 0.29) is 11.7 Å². The van der Waals surface area contributed by atoms with Gasteiger partial charge in [-0.1, -0.05) is 49.4 Å². The second kappa shape index (κ2) is 11.7. The first-order valence-corrected chi connectivity index (χ1v) is 13.4. The molecule has 1 aliphatic carbocycles. The molecule has 1 heterocycles. The third kappa shape index (κ3) is 5.16. The van der Waals surface area contributed by atoms with E-state index in [1.165, 1.54) is 0 Å². The van der Waals surface area contributed by atoms with Gasteiger partial charge in [0.25, 0.3) is 0 Å². The highest BCUT2D eigenvalue weighted by molar-refractivity contribution is 7.99. The number of para-hydroxylation sites is 1. The molecular formula is C29H33NO5S. The molecular weight excluding hydrogens is 474 g/mol. The van der Waals surface area contributed by atoms with Crippen LogP contribution < -0.4 is 14.8 Å². The van der Waals surface area contributed by atoms with Crippen molar-refractivity contribution in [3.63, 3.8) is 0 Å². The van der Waals surface area contributed by atoms with Gasteiger partial charge in [0.15, 0.2) is 17.3 Å². The Hall–Kier alpha value is -3.19. The number of Topliss-reactive ketones (excluding diaryl/α,β-unsaturated/α-hetero) is 1. The van der Waals surface area contributed by atoms with E-state index in [9.17, 15) is 9.59 Å². The monoisotopic (exact) mass is 507 g/mol. The Kier molecular flexibility index (Phi) is 8.41. The lowest BCUT2D eigenvalue weighted by molar-refractivity contribution is -0.138. The average Bonchev–Trinajstić information content (AvgIpc) is 2.90. The van der Waals surface area contributed by atoms with Gasteiger partial charge in [0, 0.05) is 34.7 Å². The van der Waals surface area contributed by atoms with Crippen molar-refractivity contribution in [1.29, 1.82) is 0 Å². The molecule has 2 aromatic carbocycles. The quantitative estimate of drug-likeness (QED) is 0.362. The van der Waals surface area contributed by atoms with Gasteiger partial charge in [-0.15, -0.1) is 0 Å². The van der Waals surface area contributed by atoms with Crippen LogP contribution in [0, 0.1) is 0 Å². The number of thioether (sulfide) groups is 1. The molecule has 0 unspecified atom stereocenters. The van der Waals surface area contributed by atoms with Crippen LogP contribution in [0.4, 0.5) is 0 Å². The number of ketones is 1. The second-order valence-electron chi connectivity index (χ2n) is 8.84. The minimum absolute atomic E-state index is 0.0202. The number of nitrogens with one attached hydrogen (secondary N) is 1. The number of dihydropyridines is 1. The molecule has 0 saturated heterocycles. The zero-order valence-electron chi connectivity index (χ0n) is 21.3. The highest BCUT2D eigenvalue weighted by Gasteiger charge is 2.42. The lowest BCUT2D eigenvalue weighted by Gasteiger charge is -2.37. The number of methoxy groups -OCH3 is 2. The van der Waals surface area contributed by atoms with Crippen molar-refractivity contribution in [3.05, 3.63) is 82.2 Å². The fraction of sp³-hybridized carbons (Fsp3) is 0.379. The third-order valence-corrected chi connectivity index (χ3v) is 7.59. The number of allylic oxidation sites excluding steroid dienone is 3. The predicted octanol–water partition coefficient (Wildman–Crippen LogP) is 5.36. The fourth-order valence-electron chi connectivity index (χ4n) is 5.14. The molecule has 0 spiro atoms. The molecule has 6 nitrogen and oxygen atoms in total. The molecule has 4 rings (SSSR count).